The molecule has 0 aliphatic carbocycles. The van der Waals surface area contributed by atoms with Gasteiger partial charge < -0.3 is 0 Å². The van der Waals surface area contributed by atoms with Crippen LogP contribution < -0.4 is 5.56 Å². The van der Waals surface area contributed by atoms with Gasteiger partial charge in [-0.25, -0.2) is 4.68 Å². The molecule has 0 atom stereocenters. The van der Waals surface area contributed by atoms with Crippen LogP contribution in [0, 0.1) is 0 Å². The van der Waals surface area contributed by atoms with E-state index in [1.807, 2.05) is 6.92 Å². The number of halogens is 1. The maximum Gasteiger partial charge on any atom is 0.266 e. The van der Waals surface area contributed by atoms with Gasteiger partial charge in [0.1, 0.15) is 0 Å². The molecule has 66 valence electrons. The average molecular weight is 187 g/mol. The number of aryl methyl sites for hydroxylation is 1. The summed E-state index contributed by atoms with van der Waals surface area (Å²) in [5.41, 5.74) is 0.676. The van der Waals surface area contributed by atoms with E-state index in [0.29, 0.717) is 12.4 Å². The van der Waals surface area contributed by atoms with Crippen molar-refractivity contribution in [3.63, 3.8) is 0 Å². The lowest BCUT2D eigenvalue weighted by molar-refractivity contribution is 0.560. The first-order valence-corrected chi connectivity index (χ1v) is 4.44. The van der Waals surface area contributed by atoms with Crippen molar-refractivity contribution in [2.24, 2.45) is 0 Å². The van der Waals surface area contributed by atoms with E-state index in [9.17, 15) is 4.79 Å². The van der Waals surface area contributed by atoms with Gasteiger partial charge in [0.2, 0.25) is 0 Å². The van der Waals surface area contributed by atoms with Crippen LogP contribution in [0.25, 0.3) is 0 Å². The Kier molecular flexibility index (Phi) is 3.29. The largest absolute Gasteiger partial charge is 0.268 e. The van der Waals surface area contributed by atoms with E-state index >= 15 is 0 Å². The fourth-order valence-electron chi connectivity index (χ4n) is 0.934. The summed E-state index contributed by atoms with van der Waals surface area (Å²) in [5, 5.41) is 4.05. The monoisotopic (exact) mass is 186 g/mol. The fraction of sp³-hybridized carbons (Fsp3) is 0.500. The number of hydrogen-bond acceptors (Lipinski definition) is 2. The van der Waals surface area contributed by atoms with Gasteiger partial charge in [-0.2, -0.15) is 5.10 Å². The van der Waals surface area contributed by atoms with Crippen LogP contribution in [0.1, 0.15) is 19.0 Å². The zero-order valence-electron chi connectivity index (χ0n) is 6.96. The average Bonchev–Trinajstić information content (AvgIpc) is 2.09. The van der Waals surface area contributed by atoms with Gasteiger partial charge >= 0.3 is 0 Å². The Labute approximate surface area is 76.0 Å². The fourth-order valence-corrected chi connectivity index (χ4v) is 1.08. The van der Waals surface area contributed by atoms with Crippen molar-refractivity contribution in [3.05, 3.63) is 28.2 Å². The highest BCUT2D eigenvalue weighted by Gasteiger charge is 1.97. The summed E-state index contributed by atoms with van der Waals surface area (Å²) in [6.45, 7) is 2.66. The summed E-state index contributed by atoms with van der Waals surface area (Å²) in [6.07, 6.45) is 0.901. The highest BCUT2D eigenvalue weighted by molar-refractivity contribution is 6.16. The van der Waals surface area contributed by atoms with E-state index in [2.05, 4.69) is 5.10 Å². The Balaban J connectivity index is 3.00. The molecule has 0 aliphatic heterocycles. The smallest absolute Gasteiger partial charge is 0.266 e. The first-order valence-electron chi connectivity index (χ1n) is 3.91. The van der Waals surface area contributed by atoms with Crippen LogP contribution in [-0.4, -0.2) is 9.78 Å². The second kappa shape index (κ2) is 4.26. The molecule has 4 heteroatoms. The Hall–Kier alpha value is -0.830. The molecule has 0 saturated carbocycles. The standard InChI is InChI=1S/C8H11ClN2O/c1-2-5-11-8(12)4-3-7(6-9)10-11/h3-4H,2,5-6H2,1H3. The van der Waals surface area contributed by atoms with Gasteiger partial charge in [0.05, 0.1) is 11.6 Å². The van der Waals surface area contributed by atoms with Crippen LogP contribution >= 0.6 is 11.6 Å². The van der Waals surface area contributed by atoms with Crippen molar-refractivity contribution < 1.29 is 0 Å². The summed E-state index contributed by atoms with van der Waals surface area (Å²) >= 11 is 5.57. The lowest BCUT2D eigenvalue weighted by atomic mass is 10.4. The Morgan fingerprint density at radius 3 is 2.92 bits per heavy atom. The van der Waals surface area contributed by atoms with Crippen LogP contribution in [0.2, 0.25) is 0 Å². The zero-order chi connectivity index (χ0) is 8.97. The molecule has 1 aromatic heterocycles. The summed E-state index contributed by atoms with van der Waals surface area (Å²) < 4.78 is 1.44. The van der Waals surface area contributed by atoms with Gasteiger partial charge in [-0.15, -0.1) is 11.6 Å². The molecule has 1 aromatic rings. The van der Waals surface area contributed by atoms with E-state index in [4.69, 9.17) is 11.6 Å². The van der Waals surface area contributed by atoms with Crippen molar-refractivity contribution in [1.29, 1.82) is 0 Å². The van der Waals surface area contributed by atoms with Gasteiger partial charge in [0, 0.05) is 12.6 Å². The third kappa shape index (κ3) is 2.08. The molecule has 0 spiro atoms. The number of nitrogens with zero attached hydrogens (tertiary/aromatic N) is 2. The van der Waals surface area contributed by atoms with Crippen LogP contribution in [-0.2, 0) is 12.4 Å². The molecular formula is C8H11ClN2O. The molecule has 0 aliphatic rings. The van der Waals surface area contributed by atoms with Crippen molar-refractivity contribution in [3.8, 4) is 0 Å². The number of alkyl halides is 1. The first kappa shape index (κ1) is 9.26. The zero-order valence-corrected chi connectivity index (χ0v) is 7.71. The summed E-state index contributed by atoms with van der Waals surface area (Å²) in [7, 11) is 0. The summed E-state index contributed by atoms with van der Waals surface area (Å²) in [4.78, 5) is 11.1. The molecule has 0 radical (unpaired) electrons. The maximum absolute atomic E-state index is 11.1. The van der Waals surface area contributed by atoms with Crippen LogP contribution in [0.5, 0.6) is 0 Å². The Morgan fingerprint density at radius 2 is 2.33 bits per heavy atom. The third-order valence-corrected chi connectivity index (χ3v) is 1.77. The van der Waals surface area contributed by atoms with Crippen molar-refractivity contribution in [2.45, 2.75) is 25.8 Å². The van der Waals surface area contributed by atoms with E-state index in [1.165, 1.54) is 10.7 Å². The van der Waals surface area contributed by atoms with Crippen molar-refractivity contribution in [2.75, 3.05) is 0 Å². The molecule has 0 bridgehead atoms. The highest BCUT2D eigenvalue weighted by Crippen LogP contribution is 1.95. The second-order valence-corrected chi connectivity index (χ2v) is 2.79. The van der Waals surface area contributed by atoms with E-state index in [0.717, 1.165) is 12.1 Å². The topological polar surface area (TPSA) is 34.9 Å². The predicted molar refractivity (Wildman–Crippen MR) is 48.3 cm³/mol. The highest BCUT2D eigenvalue weighted by atomic mass is 35.5. The molecule has 0 amide bonds. The number of rotatable bonds is 3. The van der Waals surface area contributed by atoms with E-state index in [-0.39, 0.29) is 5.56 Å². The summed E-state index contributed by atoms with van der Waals surface area (Å²) in [6, 6.07) is 3.15. The van der Waals surface area contributed by atoms with E-state index in [1.54, 1.807) is 6.07 Å². The molecule has 0 fully saturated rings. The van der Waals surface area contributed by atoms with Crippen LogP contribution in [0.15, 0.2) is 16.9 Å². The quantitative estimate of drug-likeness (QED) is 0.669. The van der Waals surface area contributed by atoms with Gasteiger partial charge in [0.15, 0.2) is 0 Å². The third-order valence-electron chi connectivity index (χ3n) is 1.49. The molecular weight excluding hydrogens is 176 g/mol. The van der Waals surface area contributed by atoms with Crippen LogP contribution in [0.3, 0.4) is 0 Å². The number of aromatic nitrogens is 2. The summed E-state index contributed by atoms with van der Waals surface area (Å²) in [5.74, 6) is 0.351. The van der Waals surface area contributed by atoms with E-state index < -0.39 is 0 Å². The molecule has 1 rings (SSSR count). The second-order valence-electron chi connectivity index (χ2n) is 2.52. The molecule has 0 unspecified atom stereocenters. The molecule has 0 saturated heterocycles. The van der Waals surface area contributed by atoms with Gasteiger partial charge in [-0.05, 0) is 12.5 Å². The molecule has 12 heavy (non-hydrogen) atoms. The van der Waals surface area contributed by atoms with Crippen molar-refractivity contribution in [1.82, 2.24) is 9.78 Å². The SMILES string of the molecule is CCCn1nc(CCl)ccc1=O. The van der Waals surface area contributed by atoms with Crippen molar-refractivity contribution >= 4 is 11.6 Å². The van der Waals surface area contributed by atoms with Gasteiger partial charge in [-0.3, -0.25) is 4.79 Å². The number of hydrogen-bond donors (Lipinski definition) is 0. The van der Waals surface area contributed by atoms with Crippen LogP contribution in [0.4, 0.5) is 0 Å². The maximum atomic E-state index is 11.1. The minimum absolute atomic E-state index is 0.0642. The molecule has 0 N–H and O–H groups in total. The molecule has 1 heterocycles. The lowest BCUT2D eigenvalue weighted by Crippen LogP contribution is -2.22. The normalized spacial score (nSPS) is 10.2. The Morgan fingerprint density at radius 1 is 1.58 bits per heavy atom. The van der Waals surface area contributed by atoms with Gasteiger partial charge in [-0.1, -0.05) is 6.92 Å². The minimum Gasteiger partial charge on any atom is -0.268 e. The Bertz CT molecular complexity index is 308. The predicted octanol–water partition coefficient (Wildman–Crippen LogP) is 1.39. The first-order chi connectivity index (χ1) is 5.77. The molecule has 0 aromatic carbocycles. The minimum atomic E-state index is -0.0642. The lowest BCUT2D eigenvalue weighted by Gasteiger charge is -2.02. The van der Waals surface area contributed by atoms with Gasteiger partial charge in [0.25, 0.3) is 5.56 Å². The molecule has 3 nitrogen and oxygen atoms in total.